The molecule has 0 aliphatic carbocycles. The molecular formula is C4H13N. The lowest BCUT2D eigenvalue weighted by atomic mass is 10.2. The minimum Gasteiger partial charge on any atom is -1.00 e. The molecule has 0 saturated carbocycles. The molecule has 0 heterocycles. The Balaban J connectivity index is 0. The number of hydrogen-bond donors (Lipinski definition) is 1. The fraction of sp³-hybridized carbons (Fsp3) is 1.00. The van der Waals surface area contributed by atoms with Gasteiger partial charge in [0.2, 0.25) is 0 Å². The van der Waals surface area contributed by atoms with E-state index < -0.39 is 0 Å². The van der Waals surface area contributed by atoms with E-state index in [-0.39, 0.29) is 1.43 Å². The van der Waals surface area contributed by atoms with Gasteiger partial charge in [0, 0.05) is 5.92 Å². The van der Waals surface area contributed by atoms with E-state index in [0.29, 0.717) is 0 Å². The SMILES string of the molecule is CC(C)C[NH3+].[H-]. The van der Waals surface area contributed by atoms with Crippen LogP contribution in [0.3, 0.4) is 0 Å². The van der Waals surface area contributed by atoms with Crippen LogP contribution in [-0.2, 0) is 0 Å². The summed E-state index contributed by atoms with van der Waals surface area (Å²) in [4.78, 5) is 0. The second-order valence-corrected chi connectivity index (χ2v) is 1.68. The molecule has 5 heavy (non-hydrogen) atoms. The van der Waals surface area contributed by atoms with Gasteiger partial charge in [0.1, 0.15) is 0 Å². The van der Waals surface area contributed by atoms with Crippen molar-refractivity contribution in [1.29, 1.82) is 0 Å². The molecule has 0 aromatic rings. The maximum atomic E-state index is 3.69. The van der Waals surface area contributed by atoms with Crippen molar-refractivity contribution in [3.05, 3.63) is 0 Å². The van der Waals surface area contributed by atoms with Gasteiger partial charge in [-0.05, 0) is 0 Å². The van der Waals surface area contributed by atoms with Gasteiger partial charge >= 0.3 is 0 Å². The maximum absolute atomic E-state index is 3.69. The van der Waals surface area contributed by atoms with Crippen LogP contribution in [0.1, 0.15) is 15.3 Å². The van der Waals surface area contributed by atoms with E-state index in [1.54, 1.807) is 0 Å². The Kier molecular flexibility index (Phi) is 2.19. The van der Waals surface area contributed by atoms with E-state index in [0.717, 1.165) is 12.5 Å². The average Bonchev–Trinajstić information content (AvgIpc) is 1.38. The van der Waals surface area contributed by atoms with Gasteiger partial charge in [-0.1, -0.05) is 13.8 Å². The van der Waals surface area contributed by atoms with E-state index >= 15 is 0 Å². The van der Waals surface area contributed by atoms with Crippen LogP contribution in [0.5, 0.6) is 0 Å². The third-order valence-corrected chi connectivity index (χ3v) is 0.577. The Hall–Kier alpha value is -0.0400. The van der Waals surface area contributed by atoms with Gasteiger partial charge < -0.3 is 7.16 Å². The third kappa shape index (κ3) is 3.96. The van der Waals surface area contributed by atoms with Crippen LogP contribution in [0.2, 0.25) is 0 Å². The van der Waals surface area contributed by atoms with Crippen LogP contribution in [-0.4, -0.2) is 6.54 Å². The Labute approximate surface area is 34.7 Å². The zero-order valence-electron chi connectivity index (χ0n) is 4.99. The Morgan fingerprint density at radius 2 is 2.00 bits per heavy atom. The molecule has 0 rings (SSSR count). The van der Waals surface area contributed by atoms with E-state index in [9.17, 15) is 0 Å². The first-order valence-electron chi connectivity index (χ1n) is 2.06. The van der Waals surface area contributed by atoms with E-state index in [4.69, 9.17) is 0 Å². The molecule has 0 aromatic heterocycles. The van der Waals surface area contributed by atoms with Gasteiger partial charge in [-0.2, -0.15) is 0 Å². The Morgan fingerprint density at radius 3 is 2.00 bits per heavy atom. The Bertz CT molecular complexity index is 21.5. The van der Waals surface area contributed by atoms with Gasteiger partial charge in [-0.25, -0.2) is 0 Å². The highest BCUT2D eigenvalue weighted by atomic mass is 14.5. The van der Waals surface area contributed by atoms with Crippen molar-refractivity contribution in [2.24, 2.45) is 5.92 Å². The van der Waals surface area contributed by atoms with Crippen molar-refractivity contribution in [3.8, 4) is 0 Å². The second kappa shape index (κ2) is 2.21. The number of quaternary nitrogens is 1. The zero-order valence-corrected chi connectivity index (χ0v) is 3.99. The third-order valence-electron chi connectivity index (χ3n) is 0.577. The summed E-state index contributed by atoms with van der Waals surface area (Å²) in [6.07, 6.45) is 0. The van der Waals surface area contributed by atoms with E-state index in [2.05, 4.69) is 19.6 Å². The van der Waals surface area contributed by atoms with Gasteiger partial charge in [-0.3, -0.25) is 0 Å². The summed E-state index contributed by atoms with van der Waals surface area (Å²) in [6.45, 7) is 5.38. The van der Waals surface area contributed by atoms with Crippen molar-refractivity contribution in [1.82, 2.24) is 0 Å². The molecule has 0 radical (unpaired) electrons. The van der Waals surface area contributed by atoms with Gasteiger partial charge in [0.25, 0.3) is 0 Å². The predicted octanol–water partition coefficient (Wildman–Crippen LogP) is -0.00320. The molecule has 0 saturated heterocycles. The molecule has 1 nitrogen and oxygen atoms in total. The first-order chi connectivity index (χ1) is 2.27. The average molecular weight is 75.2 g/mol. The number of hydrogen-bond acceptors (Lipinski definition) is 0. The zero-order chi connectivity index (χ0) is 4.28. The van der Waals surface area contributed by atoms with Crippen molar-refractivity contribution in [3.63, 3.8) is 0 Å². The largest absolute Gasteiger partial charge is 1.00 e. The molecule has 0 fully saturated rings. The van der Waals surface area contributed by atoms with Gasteiger partial charge in [-0.15, -0.1) is 0 Å². The lowest BCUT2D eigenvalue weighted by Crippen LogP contribution is -2.52. The molecule has 0 bridgehead atoms. The highest BCUT2D eigenvalue weighted by Crippen LogP contribution is 1.79. The van der Waals surface area contributed by atoms with Crippen LogP contribution in [0, 0.1) is 5.92 Å². The monoisotopic (exact) mass is 75.1 g/mol. The molecule has 0 aliphatic rings. The highest BCUT2D eigenvalue weighted by molar-refractivity contribution is 4.30. The van der Waals surface area contributed by atoms with Crippen molar-refractivity contribution in [2.45, 2.75) is 13.8 Å². The molecule has 1 heteroatoms. The molecule has 3 N–H and O–H groups in total. The summed E-state index contributed by atoms with van der Waals surface area (Å²) in [5.74, 6) is 0.773. The molecule has 0 unspecified atom stereocenters. The summed E-state index contributed by atoms with van der Waals surface area (Å²) < 4.78 is 0. The predicted molar refractivity (Wildman–Crippen MR) is 23.7 cm³/mol. The molecule has 0 atom stereocenters. The minimum atomic E-state index is 0. The normalized spacial score (nSPS) is 9.60. The molecule has 0 aromatic carbocycles. The topological polar surface area (TPSA) is 27.6 Å². The smallest absolute Gasteiger partial charge is 0.0763 e. The Morgan fingerprint density at radius 1 is 1.80 bits per heavy atom. The molecule has 0 spiro atoms. The highest BCUT2D eigenvalue weighted by Gasteiger charge is 1.83. The summed E-state index contributed by atoms with van der Waals surface area (Å²) in [7, 11) is 0. The molecule has 0 aliphatic heterocycles. The van der Waals surface area contributed by atoms with E-state index in [1.807, 2.05) is 0 Å². The van der Waals surface area contributed by atoms with Crippen molar-refractivity contribution in [2.75, 3.05) is 6.54 Å². The van der Waals surface area contributed by atoms with Crippen LogP contribution < -0.4 is 5.73 Å². The lowest BCUT2D eigenvalue weighted by Gasteiger charge is -1.87. The van der Waals surface area contributed by atoms with Crippen LogP contribution in [0.4, 0.5) is 0 Å². The minimum absolute atomic E-state index is 0. The summed E-state index contributed by atoms with van der Waals surface area (Å²) in [5, 5.41) is 0. The fourth-order valence-corrected chi connectivity index (χ4v) is 0. The second-order valence-electron chi connectivity index (χ2n) is 1.68. The maximum Gasteiger partial charge on any atom is 0.0763 e. The molecule has 0 amide bonds. The number of rotatable bonds is 1. The molecule has 34 valence electrons. The lowest BCUT2D eigenvalue weighted by molar-refractivity contribution is -0.376. The van der Waals surface area contributed by atoms with Crippen LogP contribution in [0.15, 0.2) is 0 Å². The van der Waals surface area contributed by atoms with Crippen molar-refractivity contribution < 1.29 is 7.16 Å². The summed E-state index contributed by atoms with van der Waals surface area (Å²) in [6, 6.07) is 0. The van der Waals surface area contributed by atoms with Crippen LogP contribution in [0.25, 0.3) is 0 Å². The van der Waals surface area contributed by atoms with Crippen molar-refractivity contribution >= 4 is 0 Å². The first-order valence-corrected chi connectivity index (χ1v) is 2.06. The summed E-state index contributed by atoms with van der Waals surface area (Å²) in [5.41, 5.74) is 3.69. The first kappa shape index (κ1) is 4.96. The fourth-order valence-electron chi connectivity index (χ4n) is 0. The van der Waals surface area contributed by atoms with Gasteiger partial charge in [0.15, 0.2) is 0 Å². The van der Waals surface area contributed by atoms with E-state index in [1.165, 1.54) is 0 Å². The van der Waals surface area contributed by atoms with Crippen LogP contribution >= 0.6 is 0 Å². The quantitative estimate of drug-likeness (QED) is 0.454. The molecular weight excluding hydrogens is 62.1 g/mol. The summed E-state index contributed by atoms with van der Waals surface area (Å²) >= 11 is 0. The van der Waals surface area contributed by atoms with Gasteiger partial charge in [0.05, 0.1) is 6.54 Å². The standard InChI is InChI=1S/C4H11N.H/c1-4(2)3-5;/h4H,3,5H2,1-2H3;/q;-1/p+1.